The van der Waals surface area contributed by atoms with Crippen LogP contribution in [0.2, 0.25) is 0 Å². The van der Waals surface area contributed by atoms with Crippen LogP contribution in [0.1, 0.15) is 11.1 Å². The van der Waals surface area contributed by atoms with Crippen LogP contribution in [0.25, 0.3) is 0 Å². The van der Waals surface area contributed by atoms with Gasteiger partial charge in [-0.2, -0.15) is 17.0 Å². The van der Waals surface area contributed by atoms with Crippen molar-refractivity contribution in [3.05, 3.63) is 35.4 Å². The van der Waals surface area contributed by atoms with Crippen LogP contribution in [-0.4, -0.2) is 12.4 Å². The zero-order valence-corrected chi connectivity index (χ0v) is 7.98. The summed E-state index contributed by atoms with van der Waals surface area (Å²) in [6, 6.07) is 9.48. The Morgan fingerprint density at radius 2 is 2.31 bits per heavy atom. The first-order chi connectivity index (χ1) is 6.36. The van der Waals surface area contributed by atoms with Crippen LogP contribution < -0.4 is 0 Å². The largest absolute Gasteiger partial charge is 0.250 e. The molecule has 0 spiro atoms. The van der Waals surface area contributed by atoms with Crippen molar-refractivity contribution in [1.82, 2.24) is 0 Å². The molecule has 0 fully saturated rings. The van der Waals surface area contributed by atoms with Gasteiger partial charge < -0.3 is 0 Å². The fourth-order valence-corrected chi connectivity index (χ4v) is 1.64. The number of hydrogen-bond donors (Lipinski definition) is 0. The Bertz CT molecular complexity index is 306. The van der Waals surface area contributed by atoms with E-state index in [-0.39, 0.29) is 6.67 Å². The van der Waals surface area contributed by atoms with E-state index in [9.17, 15) is 4.39 Å². The van der Waals surface area contributed by atoms with Gasteiger partial charge >= 0.3 is 0 Å². The van der Waals surface area contributed by atoms with Crippen LogP contribution >= 0.6 is 11.8 Å². The van der Waals surface area contributed by atoms with E-state index in [0.29, 0.717) is 11.3 Å². The molecule has 0 bridgehead atoms. The minimum absolute atomic E-state index is 0.289. The average Bonchev–Trinajstić information content (AvgIpc) is 2.19. The second kappa shape index (κ2) is 5.60. The molecular formula is C10H10FNS. The van der Waals surface area contributed by atoms with Gasteiger partial charge in [0.2, 0.25) is 0 Å². The van der Waals surface area contributed by atoms with Gasteiger partial charge in [-0.3, -0.25) is 4.39 Å². The SMILES string of the molecule is N#Cc1cccc(CSCCF)c1. The molecule has 0 radical (unpaired) electrons. The van der Waals surface area contributed by atoms with Gasteiger partial charge in [-0.05, 0) is 17.7 Å². The second-order valence-corrected chi connectivity index (χ2v) is 3.66. The number of nitriles is 1. The molecule has 1 aromatic rings. The normalized spacial score (nSPS) is 9.54. The van der Waals surface area contributed by atoms with Crippen molar-refractivity contribution in [2.45, 2.75) is 5.75 Å². The predicted molar refractivity (Wildman–Crippen MR) is 53.3 cm³/mol. The average molecular weight is 195 g/mol. The minimum atomic E-state index is -0.289. The highest BCUT2D eigenvalue weighted by atomic mass is 32.2. The molecule has 1 nitrogen and oxygen atoms in total. The predicted octanol–water partition coefficient (Wildman–Crippen LogP) is 2.76. The van der Waals surface area contributed by atoms with Crippen molar-refractivity contribution >= 4 is 11.8 Å². The zero-order chi connectivity index (χ0) is 9.52. The maximum absolute atomic E-state index is 11.8. The standard InChI is InChI=1S/C10H10FNS/c11-4-5-13-8-10-3-1-2-9(6-10)7-12/h1-3,6H,4-5,8H2. The lowest BCUT2D eigenvalue weighted by Gasteiger charge is -1.99. The maximum atomic E-state index is 11.8. The summed E-state index contributed by atoms with van der Waals surface area (Å²) in [7, 11) is 0. The minimum Gasteiger partial charge on any atom is -0.250 e. The fraction of sp³-hybridized carbons (Fsp3) is 0.300. The third-order valence-electron chi connectivity index (χ3n) is 1.55. The molecule has 0 aliphatic heterocycles. The van der Waals surface area contributed by atoms with E-state index in [1.807, 2.05) is 18.2 Å². The van der Waals surface area contributed by atoms with Crippen molar-refractivity contribution in [3.63, 3.8) is 0 Å². The second-order valence-electron chi connectivity index (χ2n) is 2.55. The molecule has 0 aliphatic carbocycles. The molecule has 0 atom stereocenters. The fourth-order valence-electron chi connectivity index (χ4n) is 0.975. The third kappa shape index (κ3) is 3.47. The molecular weight excluding hydrogens is 185 g/mol. The summed E-state index contributed by atoms with van der Waals surface area (Å²) in [5.74, 6) is 1.30. The van der Waals surface area contributed by atoms with Gasteiger partial charge in [-0.15, -0.1) is 0 Å². The van der Waals surface area contributed by atoms with E-state index in [0.717, 1.165) is 11.3 Å². The van der Waals surface area contributed by atoms with Gasteiger partial charge in [-0.25, -0.2) is 0 Å². The van der Waals surface area contributed by atoms with Gasteiger partial charge in [0, 0.05) is 11.5 Å². The third-order valence-corrected chi connectivity index (χ3v) is 2.53. The lowest BCUT2D eigenvalue weighted by molar-refractivity contribution is 0.533. The quantitative estimate of drug-likeness (QED) is 0.690. The summed E-state index contributed by atoms with van der Waals surface area (Å²) in [5.41, 5.74) is 1.75. The van der Waals surface area contributed by atoms with Gasteiger partial charge in [0.15, 0.2) is 0 Å². The number of alkyl halides is 1. The lowest BCUT2D eigenvalue weighted by Crippen LogP contribution is -1.85. The Hall–Kier alpha value is -1.01. The van der Waals surface area contributed by atoms with E-state index in [1.165, 1.54) is 0 Å². The Balaban J connectivity index is 2.52. The van der Waals surface area contributed by atoms with Crippen LogP contribution in [0, 0.1) is 11.3 Å². The van der Waals surface area contributed by atoms with Gasteiger partial charge in [0.1, 0.15) is 0 Å². The van der Waals surface area contributed by atoms with Crippen molar-refractivity contribution in [2.24, 2.45) is 0 Å². The first-order valence-electron chi connectivity index (χ1n) is 3.99. The van der Waals surface area contributed by atoms with Crippen LogP contribution in [0.3, 0.4) is 0 Å². The molecule has 0 aromatic heterocycles. The lowest BCUT2D eigenvalue weighted by atomic mass is 10.2. The number of rotatable bonds is 4. The Kier molecular flexibility index (Phi) is 4.34. The van der Waals surface area contributed by atoms with Crippen molar-refractivity contribution in [2.75, 3.05) is 12.4 Å². The number of thioether (sulfide) groups is 1. The van der Waals surface area contributed by atoms with Crippen LogP contribution in [0.4, 0.5) is 4.39 Å². The molecule has 3 heteroatoms. The van der Waals surface area contributed by atoms with Crippen molar-refractivity contribution < 1.29 is 4.39 Å². The first kappa shape index (κ1) is 10.1. The van der Waals surface area contributed by atoms with E-state index in [2.05, 4.69) is 6.07 Å². The number of halogens is 1. The Morgan fingerprint density at radius 3 is 3.00 bits per heavy atom. The van der Waals surface area contributed by atoms with Crippen LogP contribution in [0.15, 0.2) is 24.3 Å². The molecule has 1 aromatic carbocycles. The van der Waals surface area contributed by atoms with Crippen molar-refractivity contribution in [3.8, 4) is 6.07 Å². The first-order valence-corrected chi connectivity index (χ1v) is 5.15. The highest BCUT2D eigenvalue weighted by Crippen LogP contribution is 2.13. The molecule has 0 N–H and O–H groups in total. The highest BCUT2D eigenvalue weighted by molar-refractivity contribution is 7.98. The molecule has 0 unspecified atom stereocenters. The monoisotopic (exact) mass is 195 g/mol. The zero-order valence-electron chi connectivity index (χ0n) is 7.16. The smallest absolute Gasteiger partial charge is 0.0991 e. The summed E-state index contributed by atoms with van der Waals surface area (Å²) >= 11 is 1.54. The molecule has 0 amide bonds. The van der Waals surface area contributed by atoms with E-state index in [1.54, 1.807) is 17.8 Å². The Morgan fingerprint density at radius 1 is 1.46 bits per heavy atom. The molecule has 0 saturated carbocycles. The summed E-state index contributed by atoms with van der Waals surface area (Å²) in [6.45, 7) is -0.289. The molecule has 68 valence electrons. The number of nitrogens with zero attached hydrogens (tertiary/aromatic N) is 1. The van der Waals surface area contributed by atoms with Crippen LogP contribution in [-0.2, 0) is 5.75 Å². The summed E-state index contributed by atoms with van der Waals surface area (Å²) in [4.78, 5) is 0. The molecule has 0 heterocycles. The van der Waals surface area contributed by atoms with E-state index >= 15 is 0 Å². The number of hydrogen-bond acceptors (Lipinski definition) is 2. The molecule has 1 rings (SSSR count). The topological polar surface area (TPSA) is 23.8 Å². The van der Waals surface area contributed by atoms with Gasteiger partial charge in [-0.1, -0.05) is 12.1 Å². The summed E-state index contributed by atoms with van der Waals surface area (Å²) < 4.78 is 11.8. The molecule has 0 aliphatic rings. The van der Waals surface area contributed by atoms with E-state index in [4.69, 9.17) is 5.26 Å². The van der Waals surface area contributed by atoms with E-state index < -0.39 is 0 Å². The number of benzene rings is 1. The summed E-state index contributed by atoms with van der Waals surface area (Å²) in [5, 5.41) is 8.62. The highest BCUT2D eigenvalue weighted by Gasteiger charge is 1.95. The van der Waals surface area contributed by atoms with Gasteiger partial charge in [0.05, 0.1) is 18.3 Å². The van der Waals surface area contributed by atoms with Gasteiger partial charge in [0.25, 0.3) is 0 Å². The Labute approximate surface area is 81.6 Å². The van der Waals surface area contributed by atoms with Crippen molar-refractivity contribution in [1.29, 1.82) is 5.26 Å². The summed E-state index contributed by atoms with van der Waals surface area (Å²) in [6.07, 6.45) is 0. The maximum Gasteiger partial charge on any atom is 0.0991 e. The van der Waals surface area contributed by atoms with Crippen LogP contribution in [0.5, 0.6) is 0 Å². The molecule has 13 heavy (non-hydrogen) atoms. The molecule has 0 saturated heterocycles.